The Kier molecular flexibility index (Phi) is 2.36. The molecule has 0 fully saturated rings. The molecule has 2 rings (SSSR count). The summed E-state index contributed by atoms with van der Waals surface area (Å²) in [4.78, 5) is 10.8. The van der Waals surface area contributed by atoms with Crippen LogP contribution in [0.5, 0.6) is 0 Å². The first kappa shape index (κ1) is 10.2. The molecular formula is C11H11N3O2. The Labute approximate surface area is 92.1 Å². The highest BCUT2D eigenvalue weighted by Gasteiger charge is 2.12. The van der Waals surface area contributed by atoms with Crippen molar-refractivity contribution < 1.29 is 9.90 Å². The maximum absolute atomic E-state index is 10.8. The minimum atomic E-state index is -1.05. The smallest absolute Gasteiger partial charge is 0.356 e. The molecule has 82 valence electrons. The molecule has 0 saturated carbocycles. The number of para-hydroxylation sites is 2. The number of nitrogens with zero attached hydrogens (tertiary/aromatic N) is 2. The van der Waals surface area contributed by atoms with Crippen LogP contribution in [0.25, 0.3) is 5.69 Å². The summed E-state index contributed by atoms with van der Waals surface area (Å²) >= 11 is 0. The second-order valence-electron chi connectivity index (χ2n) is 3.45. The van der Waals surface area contributed by atoms with E-state index < -0.39 is 5.97 Å². The van der Waals surface area contributed by atoms with Crippen molar-refractivity contribution in [3.63, 3.8) is 0 Å². The number of nitrogen functional groups attached to an aromatic ring is 1. The van der Waals surface area contributed by atoms with E-state index in [1.54, 1.807) is 19.1 Å². The normalized spacial score (nSPS) is 10.3. The Hall–Kier alpha value is -2.30. The lowest BCUT2D eigenvalue weighted by Gasteiger charge is -2.06. The Bertz CT molecular complexity index is 546. The number of aryl methyl sites for hydroxylation is 1. The van der Waals surface area contributed by atoms with Crippen LogP contribution in [0.3, 0.4) is 0 Å². The molecule has 0 bridgehead atoms. The summed E-state index contributed by atoms with van der Waals surface area (Å²) in [7, 11) is 0. The van der Waals surface area contributed by atoms with Gasteiger partial charge in [0, 0.05) is 5.69 Å². The highest BCUT2D eigenvalue weighted by atomic mass is 16.4. The molecular weight excluding hydrogens is 206 g/mol. The van der Waals surface area contributed by atoms with Gasteiger partial charge in [0.2, 0.25) is 0 Å². The standard InChI is InChI=1S/C11H11N3O2/c1-7-6-9(11(15)16)13-14(7)10-5-3-2-4-8(10)12/h2-6H,12H2,1H3,(H,15,16). The van der Waals surface area contributed by atoms with Crippen molar-refractivity contribution in [2.75, 3.05) is 5.73 Å². The summed E-state index contributed by atoms with van der Waals surface area (Å²) < 4.78 is 1.53. The lowest BCUT2D eigenvalue weighted by atomic mass is 10.2. The van der Waals surface area contributed by atoms with Gasteiger partial charge in [0.15, 0.2) is 5.69 Å². The predicted molar refractivity (Wildman–Crippen MR) is 59.7 cm³/mol. The molecule has 0 radical (unpaired) electrons. The van der Waals surface area contributed by atoms with Crippen LogP contribution in [0.1, 0.15) is 16.2 Å². The fourth-order valence-electron chi connectivity index (χ4n) is 1.50. The van der Waals surface area contributed by atoms with Gasteiger partial charge in [-0.1, -0.05) is 12.1 Å². The average molecular weight is 217 g/mol. The van der Waals surface area contributed by atoms with Gasteiger partial charge in [-0.05, 0) is 25.1 Å². The van der Waals surface area contributed by atoms with Crippen molar-refractivity contribution in [1.82, 2.24) is 9.78 Å². The number of hydrogen-bond donors (Lipinski definition) is 2. The van der Waals surface area contributed by atoms with E-state index in [0.29, 0.717) is 11.4 Å². The van der Waals surface area contributed by atoms with Gasteiger partial charge >= 0.3 is 5.97 Å². The first-order chi connectivity index (χ1) is 7.59. The van der Waals surface area contributed by atoms with Gasteiger partial charge in [0.1, 0.15) is 0 Å². The second kappa shape index (κ2) is 3.69. The average Bonchev–Trinajstić information content (AvgIpc) is 2.61. The molecule has 3 N–H and O–H groups in total. The van der Waals surface area contributed by atoms with Crippen LogP contribution in [0.2, 0.25) is 0 Å². The topological polar surface area (TPSA) is 81.1 Å². The number of aromatic nitrogens is 2. The number of carbonyl (C=O) groups is 1. The molecule has 16 heavy (non-hydrogen) atoms. The largest absolute Gasteiger partial charge is 0.476 e. The van der Waals surface area contributed by atoms with Gasteiger partial charge in [-0.15, -0.1) is 0 Å². The quantitative estimate of drug-likeness (QED) is 0.746. The molecule has 0 aliphatic carbocycles. The molecule has 1 heterocycles. The van der Waals surface area contributed by atoms with Crippen LogP contribution < -0.4 is 5.73 Å². The Morgan fingerprint density at radius 3 is 2.69 bits per heavy atom. The number of hydrogen-bond acceptors (Lipinski definition) is 3. The van der Waals surface area contributed by atoms with Crippen molar-refractivity contribution in [3.8, 4) is 5.69 Å². The molecule has 0 amide bonds. The number of carboxylic acid groups (broad SMARTS) is 1. The molecule has 0 spiro atoms. The lowest BCUT2D eigenvalue weighted by Crippen LogP contribution is -2.04. The number of nitrogens with two attached hydrogens (primary N) is 1. The highest BCUT2D eigenvalue weighted by molar-refractivity contribution is 5.85. The fourth-order valence-corrected chi connectivity index (χ4v) is 1.50. The first-order valence-corrected chi connectivity index (χ1v) is 4.74. The molecule has 0 saturated heterocycles. The van der Waals surface area contributed by atoms with Gasteiger partial charge in [-0.3, -0.25) is 0 Å². The van der Waals surface area contributed by atoms with Gasteiger partial charge in [-0.2, -0.15) is 5.10 Å². The molecule has 5 nitrogen and oxygen atoms in total. The molecule has 1 aromatic heterocycles. The van der Waals surface area contributed by atoms with Crippen molar-refractivity contribution in [2.45, 2.75) is 6.92 Å². The van der Waals surface area contributed by atoms with Crippen LogP contribution in [-0.2, 0) is 0 Å². The number of rotatable bonds is 2. The van der Waals surface area contributed by atoms with E-state index in [0.717, 1.165) is 5.69 Å². The van der Waals surface area contributed by atoms with Crippen LogP contribution >= 0.6 is 0 Å². The van der Waals surface area contributed by atoms with Crippen molar-refractivity contribution in [2.24, 2.45) is 0 Å². The molecule has 0 aliphatic heterocycles. The van der Waals surface area contributed by atoms with Crippen LogP contribution in [-0.4, -0.2) is 20.9 Å². The number of aromatic carboxylic acids is 1. The van der Waals surface area contributed by atoms with E-state index in [2.05, 4.69) is 5.10 Å². The van der Waals surface area contributed by atoms with E-state index in [1.165, 1.54) is 10.7 Å². The van der Waals surface area contributed by atoms with Gasteiger partial charge in [0.05, 0.1) is 11.4 Å². The third-order valence-electron chi connectivity index (χ3n) is 2.27. The Morgan fingerprint density at radius 2 is 2.12 bits per heavy atom. The van der Waals surface area contributed by atoms with Crippen molar-refractivity contribution >= 4 is 11.7 Å². The van der Waals surface area contributed by atoms with E-state index in [-0.39, 0.29) is 5.69 Å². The summed E-state index contributed by atoms with van der Waals surface area (Å²) in [6.45, 7) is 1.78. The van der Waals surface area contributed by atoms with E-state index in [9.17, 15) is 4.79 Å². The van der Waals surface area contributed by atoms with Crippen LogP contribution in [0.15, 0.2) is 30.3 Å². The Morgan fingerprint density at radius 1 is 1.44 bits per heavy atom. The zero-order valence-electron chi connectivity index (χ0n) is 8.71. The van der Waals surface area contributed by atoms with Crippen molar-refractivity contribution in [1.29, 1.82) is 0 Å². The molecule has 0 atom stereocenters. The summed E-state index contributed by atoms with van der Waals surface area (Å²) in [6.07, 6.45) is 0. The molecule has 1 aromatic carbocycles. The van der Waals surface area contributed by atoms with Crippen LogP contribution in [0.4, 0.5) is 5.69 Å². The minimum absolute atomic E-state index is 0.0146. The monoisotopic (exact) mass is 217 g/mol. The third kappa shape index (κ3) is 1.63. The first-order valence-electron chi connectivity index (χ1n) is 4.74. The van der Waals surface area contributed by atoms with Gasteiger partial charge < -0.3 is 10.8 Å². The molecule has 0 aliphatic rings. The predicted octanol–water partition coefficient (Wildman–Crippen LogP) is 1.46. The Balaban J connectivity index is 2.57. The number of anilines is 1. The molecule has 2 aromatic rings. The summed E-state index contributed by atoms with van der Waals surface area (Å²) in [6, 6.07) is 8.69. The second-order valence-corrected chi connectivity index (χ2v) is 3.45. The molecule has 5 heteroatoms. The van der Waals surface area contributed by atoms with E-state index in [1.807, 2.05) is 12.1 Å². The summed E-state index contributed by atoms with van der Waals surface area (Å²) in [5.41, 5.74) is 7.79. The lowest BCUT2D eigenvalue weighted by molar-refractivity contribution is 0.0690. The maximum Gasteiger partial charge on any atom is 0.356 e. The summed E-state index contributed by atoms with van der Waals surface area (Å²) in [5, 5.41) is 12.8. The van der Waals surface area contributed by atoms with Gasteiger partial charge in [0.25, 0.3) is 0 Å². The zero-order valence-corrected chi connectivity index (χ0v) is 8.71. The number of carboxylic acids is 1. The van der Waals surface area contributed by atoms with E-state index in [4.69, 9.17) is 10.8 Å². The SMILES string of the molecule is Cc1cc(C(=O)O)nn1-c1ccccc1N. The maximum atomic E-state index is 10.8. The zero-order chi connectivity index (χ0) is 11.7. The third-order valence-corrected chi connectivity index (χ3v) is 2.27. The molecule has 0 unspecified atom stereocenters. The van der Waals surface area contributed by atoms with E-state index >= 15 is 0 Å². The highest BCUT2D eigenvalue weighted by Crippen LogP contribution is 2.18. The number of benzene rings is 1. The summed E-state index contributed by atoms with van der Waals surface area (Å²) in [5.74, 6) is -1.05. The minimum Gasteiger partial charge on any atom is -0.476 e. The fraction of sp³-hybridized carbons (Fsp3) is 0.0909. The van der Waals surface area contributed by atoms with Gasteiger partial charge in [-0.25, -0.2) is 9.48 Å². The van der Waals surface area contributed by atoms with Crippen molar-refractivity contribution in [3.05, 3.63) is 41.7 Å². The van der Waals surface area contributed by atoms with Crippen LogP contribution in [0, 0.1) is 6.92 Å².